The van der Waals surface area contributed by atoms with Crippen molar-refractivity contribution in [2.24, 2.45) is 0 Å². The van der Waals surface area contributed by atoms with Gasteiger partial charge in [-0.25, -0.2) is 19.2 Å². The summed E-state index contributed by atoms with van der Waals surface area (Å²) >= 11 is 7.01. The summed E-state index contributed by atoms with van der Waals surface area (Å²) in [4.78, 5) is 33.9. The fourth-order valence-corrected chi connectivity index (χ4v) is 4.38. The molecule has 1 aromatic heterocycles. The van der Waals surface area contributed by atoms with Crippen molar-refractivity contribution in [2.75, 3.05) is 18.3 Å². The van der Waals surface area contributed by atoms with Crippen LogP contribution in [-0.2, 0) is 21.0 Å². The number of halogens is 3. The van der Waals surface area contributed by atoms with Crippen molar-refractivity contribution in [3.63, 3.8) is 0 Å². The summed E-state index contributed by atoms with van der Waals surface area (Å²) in [5, 5.41) is 21.3. The number of benzene rings is 2. The molecule has 0 saturated carbocycles. The van der Waals surface area contributed by atoms with E-state index in [1.165, 1.54) is 37.3 Å². The number of nitrogens with one attached hydrogen (secondary N) is 1. The lowest BCUT2D eigenvalue weighted by atomic mass is 10.1. The van der Waals surface area contributed by atoms with Gasteiger partial charge in [0, 0.05) is 13.5 Å². The van der Waals surface area contributed by atoms with Crippen LogP contribution in [0.2, 0.25) is 5.02 Å². The Bertz CT molecular complexity index is 1180. The Kier molecular flexibility index (Phi) is 9.43. The number of carbonyl (C=O) groups is 2. The molecule has 2 aromatic carbocycles. The number of hydrogen-bond acceptors (Lipinski definition) is 8. The second kappa shape index (κ2) is 12.3. The largest absolute Gasteiger partial charge is 0.394 e. The molecule has 9 nitrogen and oxygen atoms in total. The normalized spacial score (nSPS) is 13.0. The minimum atomic E-state index is -1.19. The number of hydrogen-bond donors (Lipinski definition) is 3. The molecule has 0 spiro atoms. The van der Waals surface area contributed by atoms with E-state index in [1.807, 2.05) is 0 Å². The van der Waals surface area contributed by atoms with Gasteiger partial charge in [-0.3, -0.25) is 19.4 Å². The van der Waals surface area contributed by atoms with E-state index in [2.05, 4.69) is 10.4 Å². The number of hydrazine groups is 1. The molecule has 0 fully saturated rings. The maximum Gasteiger partial charge on any atom is 0.240 e. The topological polar surface area (TPSA) is 115 Å². The predicted octanol–water partition coefficient (Wildman–Crippen LogP) is 2.79. The first kappa shape index (κ1) is 26.9. The Labute approximate surface area is 208 Å². The summed E-state index contributed by atoms with van der Waals surface area (Å²) < 4.78 is 27.8. The van der Waals surface area contributed by atoms with Crippen LogP contribution in [0.5, 0.6) is 0 Å². The molecule has 188 valence electrons. The van der Waals surface area contributed by atoms with Gasteiger partial charge in [0.05, 0.1) is 40.6 Å². The number of thiazole rings is 1. The molecule has 0 aliphatic rings. The van der Waals surface area contributed by atoms with E-state index < -0.39 is 36.3 Å². The summed E-state index contributed by atoms with van der Waals surface area (Å²) in [7, 11) is 0. The Morgan fingerprint density at radius 2 is 2.11 bits per heavy atom. The number of carbonyl (C=O) groups excluding carboxylic acids is 2. The van der Waals surface area contributed by atoms with Gasteiger partial charge in [0.25, 0.3) is 0 Å². The van der Waals surface area contributed by atoms with E-state index in [0.29, 0.717) is 22.2 Å². The van der Waals surface area contributed by atoms with Crippen molar-refractivity contribution in [2.45, 2.75) is 32.0 Å². The number of aliphatic hydroxyl groups is 2. The van der Waals surface area contributed by atoms with E-state index >= 15 is 0 Å². The maximum atomic E-state index is 13.8. The molecular formula is C22H23ClF2N4O5S. The van der Waals surface area contributed by atoms with Gasteiger partial charge in [0.1, 0.15) is 11.6 Å². The van der Waals surface area contributed by atoms with Crippen molar-refractivity contribution in [1.29, 1.82) is 0 Å². The van der Waals surface area contributed by atoms with Crippen LogP contribution in [0.1, 0.15) is 18.9 Å². The Balaban J connectivity index is 1.77. The highest BCUT2D eigenvalue weighted by molar-refractivity contribution is 7.22. The summed E-state index contributed by atoms with van der Waals surface area (Å²) in [6.07, 6.45) is -0.941. The van der Waals surface area contributed by atoms with E-state index in [1.54, 1.807) is 6.07 Å². The van der Waals surface area contributed by atoms with Crippen LogP contribution in [0.25, 0.3) is 10.2 Å². The van der Waals surface area contributed by atoms with Crippen LogP contribution in [0.4, 0.5) is 13.9 Å². The van der Waals surface area contributed by atoms with Crippen molar-refractivity contribution in [1.82, 2.24) is 15.4 Å². The van der Waals surface area contributed by atoms with Crippen molar-refractivity contribution < 1.29 is 33.4 Å². The number of amides is 2. The van der Waals surface area contributed by atoms with E-state index in [-0.39, 0.29) is 29.7 Å². The van der Waals surface area contributed by atoms with Gasteiger partial charge in [-0.2, -0.15) is 5.06 Å². The molecule has 0 saturated heterocycles. The van der Waals surface area contributed by atoms with Crippen LogP contribution in [0.15, 0.2) is 36.4 Å². The minimum Gasteiger partial charge on any atom is -0.394 e. The molecule has 3 rings (SSSR count). The molecule has 0 radical (unpaired) electrons. The van der Waals surface area contributed by atoms with Crippen LogP contribution in [0.3, 0.4) is 0 Å². The third-order valence-electron chi connectivity index (χ3n) is 4.96. The number of fused-ring (bicyclic) bond motifs is 1. The molecule has 0 bridgehead atoms. The first-order valence-corrected chi connectivity index (χ1v) is 11.6. The number of rotatable bonds is 12. The molecular weight excluding hydrogens is 506 g/mol. The van der Waals surface area contributed by atoms with Crippen LogP contribution >= 0.6 is 22.9 Å². The second-order valence-corrected chi connectivity index (χ2v) is 8.89. The van der Waals surface area contributed by atoms with Crippen molar-refractivity contribution >= 4 is 50.6 Å². The zero-order chi connectivity index (χ0) is 25.5. The number of aromatic nitrogens is 1. The van der Waals surface area contributed by atoms with Gasteiger partial charge in [-0.15, -0.1) is 0 Å². The van der Waals surface area contributed by atoms with Gasteiger partial charge < -0.3 is 10.2 Å². The zero-order valence-corrected chi connectivity index (χ0v) is 20.1. The predicted molar refractivity (Wildman–Crippen MR) is 126 cm³/mol. The molecule has 13 heteroatoms. The summed E-state index contributed by atoms with van der Waals surface area (Å²) in [5.74, 6) is -1.54. The quantitative estimate of drug-likeness (QED) is 0.244. The highest BCUT2D eigenvalue weighted by Crippen LogP contribution is 2.29. The van der Waals surface area contributed by atoms with Crippen molar-refractivity contribution in [3.05, 3.63) is 58.6 Å². The smallest absolute Gasteiger partial charge is 0.240 e. The van der Waals surface area contributed by atoms with Gasteiger partial charge >= 0.3 is 0 Å². The number of anilines is 1. The van der Waals surface area contributed by atoms with Gasteiger partial charge in [0.2, 0.25) is 17.4 Å². The minimum absolute atomic E-state index is 0.0251. The average molecular weight is 529 g/mol. The Morgan fingerprint density at radius 3 is 2.80 bits per heavy atom. The van der Waals surface area contributed by atoms with Crippen LogP contribution < -0.4 is 10.5 Å². The van der Waals surface area contributed by atoms with Gasteiger partial charge in [-0.05, 0) is 36.2 Å². The zero-order valence-electron chi connectivity index (χ0n) is 18.5. The highest BCUT2D eigenvalue weighted by atomic mass is 35.5. The monoisotopic (exact) mass is 528 g/mol. The van der Waals surface area contributed by atoms with E-state index in [9.17, 15) is 28.6 Å². The number of nitrogens with zero attached hydrogens (tertiary/aromatic N) is 3. The first-order chi connectivity index (χ1) is 16.7. The molecule has 2 amide bonds. The molecule has 35 heavy (non-hydrogen) atoms. The molecule has 1 heterocycles. The number of aliphatic hydroxyl groups excluding tert-OH is 2. The average Bonchev–Trinajstić information content (AvgIpc) is 3.24. The fraction of sp³-hybridized carbons (Fsp3) is 0.318. The fourth-order valence-electron chi connectivity index (χ4n) is 3.27. The van der Waals surface area contributed by atoms with Gasteiger partial charge in [0.15, 0.2) is 0 Å². The third-order valence-corrected chi connectivity index (χ3v) is 6.38. The number of hydroxylamine groups is 1. The first-order valence-electron chi connectivity index (χ1n) is 10.4. The van der Waals surface area contributed by atoms with Crippen LogP contribution in [-0.4, -0.2) is 57.9 Å². The standard InChI is InChI=1S/C22H23ClF2N4O5S/c1-13(32)29(26-9-14-3-2-4-18(25)21(14)23)16(8-17(33)10-30)11-34-28(12-31)22-27-19-6-5-15(24)7-20(19)35-22/h2-7,12,16-17,26,30,33H,8-11H2,1H3/t16-,17+/m0/s1. The maximum absolute atomic E-state index is 13.8. The molecule has 0 unspecified atom stereocenters. The SMILES string of the molecule is CC(=O)N(NCc1cccc(F)c1Cl)[C@H](CON(C=O)c1nc2ccc(F)cc2s1)C[C@@H](O)CO. The molecule has 2 atom stereocenters. The summed E-state index contributed by atoms with van der Waals surface area (Å²) in [6, 6.07) is 7.37. The molecule has 0 aliphatic carbocycles. The van der Waals surface area contributed by atoms with Gasteiger partial charge in [-0.1, -0.05) is 35.1 Å². The third kappa shape index (κ3) is 6.90. The highest BCUT2D eigenvalue weighted by Gasteiger charge is 2.26. The molecule has 3 N–H and O–H groups in total. The molecule has 0 aliphatic heterocycles. The summed E-state index contributed by atoms with van der Waals surface area (Å²) in [6.45, 7) is 0.378. The molecule has 3 aromatic rings. The Morgan fingerprint density at radius 1 is 1.34 bits per heavy atom. The van der Waals surface area contributed by atoms with Crippen molar-refractivity contribution in [3.8, 4) is 0 Å². The summed E-state index contributed by atoms with van der Waals surface area (Å²) in [5.41, 5.74) is 3.69. The lowest BCUT2D eigenvalue weighted by molar-refractivity contribution is -0.138. The van der Waals surface area contributed by atoms with E-state index in [4.69, 9.17) is 16.4 Å². The lowest BCUT2D eigenvalue weighted by Gasteiger charge is -2.33. The lowest BCUT2D eigenvalue weighted by Crippen LogP contribution is -2.52. The second-order valence-electron chi connectivity index (χ2n) is 7.50. The van der Waals surface area contributed by atoms with E-state index in [0.717, 1.165) is 21.4 Å². The van der Waals surface area contributed by atoms with Crippen LogP contribution in [0, 0.1) is 11.6 Å². The Hall–Kier alpha value is -2.74.